The number of rotatable bonds is 7. The van der Waals surface area contributed by atoms with Crippen molar-refractivity contribution < 1.29 is 8.78 Å². The Morgan fingerprint density at radius 1 is 1.33 bits per heavy atom. The lowest BCUT2D eigenvalue weighted by atomic mass is 10.2. The lowest BCUT2D eigenvalue weighted by molar-refractivity contribution is 0.251. The van der Waals surface area contributed by atoms with Gasteiger partial charge < -0.3 is 10.2 Å². The molecule has 0 saturated carbocycles. The fraction of sp³-hybridized carbons (Fsp3) is 0.571. The number of likely N-dealkylation sites (N-methyl/N-ethyl adjacent to an activating group) is 1. The number of hydrogen-bond acceptors (Lipinski definition) is 2. The van der Waals surface area contributed by atoms with Crippen molar-refractivity contribution in [3.8, 4) is 0 Å². The first-order valence-electron chi connectivity index (χ1n) is 6.39. The molecule has 0 aliphatic rings. The van der Waals surface area contributed by atoms with E-state index in [9.17, 15) is 8.78 Å². The van der Waals surface area contributed by atoms with Crippen molar-refractivity contribution in [2.24, 2.45) is 0 Å². The van der Waals surface area contributed by atoms with Gasteiger partial charge in [-0.25, -0.2) is 8.78 Å². The summed E-state index contributed by atoms with van der Waals surface area (Å²) in [5, 5.41) is 3.13. The molecule has 0 spiro atoms. The van der Waals surface area contributed by atoms with Gasteiger partial charge in [-0.2, -0.15) is 0 Å². The van der Waals surface area contributed by atoms with Crippen molar-refractivity contribution in [1.82, 2.24) is 10.2 Å². The molecule has 0 aromatic heterocycles. The van der Waals surface area contributed by atoms with Crippen LogP contribution in [0.5, 0.6) is 0 Å². The second-order valence-electron chi connectivity index (χ2n) is 4.65. The van der Waals surface area contributed by atoms with Crippen LogP contribution in [0.15, 0.2) is 18.2 Å². The van der Waals surface area contributed by atoms with Crippen molar-refractivity contribution in [3.63, 3.8) is 0 Å². The average molecular weight is 256 g/mol. The highest BCUT2D eigenvalue weighted by molar-refractivity contribution is 5.18. The number of halogens is 2. The summed E-state index contributed by atoms with van der Waals surface area (Å²) in [6.07, 6.45) is 1.11. The summed E-state index contributed by atoms with van der Waals surface area (Å²) in [6.45, 7) is 6.34. The lowest BCUT2D eigenvalue weighted by Crippen LogP contribution is -2.34. The van der Waals surface area contributed by atoms with Crippen LogP contribution in [0.25, 0.3) is 0 Å². The van der Waals surface area contributed by atoms with Gasteiger partial charge in [-0.05, 0) is 38.6 Å². The number of nitrogens with one attached hydrogen (secondary N) is 1. The lowest BCUT2D eigenvalue weighted by Gasteiger charge is -2.23. The third-order valence-corrected chi connectivity index (χ3v) is 3.31. The van der Waals surface area contributed by atoms with Crippen molar-refractivity contribution in [2.75, 3.05) is 20.1 Å². The highest BCUT2D eigenvalue weighted by atomic mass is 19.1. The van der Waals surface area contributed by atoms with Gasteiger partial charge in [-0.15, -0.1) is 0 Å². The highest BCUT2D eigenvalue weighted by Gasteiger charge is 2.06. The predicted octanol–water partition coefficient (Wildman–Crippen LogP) is 2.78. The van der Waals surface area contributed by atoms with Gasteiger partial charge in [0, 0.05) is 31.2 Å². The van der Waals surface area contributed by atoms with Crippen LogP contribution in [0.1, 0.15) is 25.8 Å². The van der Waals surface area contributed by atoms with Gasteiger partial charge in [0.1, 0.15) is 11.6 Å². The molecular weight excluding hydrogens is 234 g/mol. The van der Waals surface area contributed by atoms with E-state index < -0.39 is 5.82 Å². The molecule has 1 atom stereocenters. The molecule has 0 fully saturated rings. The molecule has 0 saturated heterocycles. The summed E-state index contributed by atoms with van der Waals surface area (Å²) < 4.78 is 26.3. The molecule has 1 N–H and O–H groups in total. The molecule has 0 radical (unpaired) electrons. The van der Waals surface area contributed by atoms with E-state index in [0.717, 1.165) is 31.6 Å². The summed E-state index contributed by atoms with van der Waals surface area (Å²) in [5.74, 6) is -0.760. The first-order valence-corrected chi connectivity index (χ1v) is 6.39. The topological polar surface area (TPSA) is 15.3 Å². The molecule has 0 aliphatic carbocycles. The zero-order valence-corrected chi connectivity index (χ0v) is 11.3. The maximum atomic E-state index is 13.3. The largest absolute Gasteiger partial charge is 0.311 e. The van der Waals surface area contributed by atoms with E-state index in [4.69, 9.17) is 0 Å². The van der Waals surface area contributed by atoms with E-state index in [2.05, 4.69) is 31.1 Å². The maximum Gasteiger partial charge on any atom is 0.127 e. The second-order valence-corrected chi connectivity index (χ2v) is 4.65. The molecule has 0 aliphatic heterocycles. The summed E-state index contributed by atoms with van der Waals surface area (Å²) >= 11 is 0. The third kappa shape index (κ3) is 4.70. The quantitative estimate of drug-likeness (QED) is 0.755. The monoisotopic (exact) mass is 256 g/mol. The third-order valence-electron chi connectivity index (χ3n) is 3.31. The fourth-order valence-electron chi connectivity index (χ4n) is 1.69. The van der Waals surface area contributed by atoms with E-state index in [1.165, 1.54) is 6.07 Å². The molecule has 0 bridgehead atoms. The van der Waals surface area contributed by atoms with E-state index >= 15 is 0 Å². The van der Waals surface area contributed by atoms with Crippen LogP contribution in [0.4, 0.5) is 8.78 Å². The molecule has 1 rings (SSSR count). The van der Waals surface area contributed by atoms with Crippen LogP contribution in [-0.4, -0.2) is 31.1 Å². The van der Waals surface area contributed by atoms with E-state index in [1.54, 1.807) is 0 Å². The van der Waals surface area contributed by atoms with Gasteiger partial charge in [0.25, 0.3) is 0 Å². The van der Waals surface area contributed by atoms with Crippen molar-refractivity contribution in [2.45, 2.75) is 32.9 Å². The zero-order valence-electron chi connectivity index (χ0n) is 11.3. The van der Waals surface area contributed by atoms with E-state index in [-0.39, 0.29) is 5.82 Å². The van der Waals surface area contributed by atoms with Crippen LogP contribution in [0.3, 0.4) is 0 Å². The average Bonchev–Trinajstić information content (AvgIpc) is 2.37. The molecular formula is C14H22F2N2. The molecule has 4 heteroatoms. The number of nitrogens with zero attached hydrogens (tertiary/aromatic N) is 1. The molecule has 2 nitrogen and oxygen atoms in total. The predicted molar refractivity (Wildman–Crippen MR) is 70.4 cm³/mol. The van der Waals surface area contributed by atoms with Gasteiger partial charge >= 0.3 is 0 Å². The van der Waals surface area contributed by atoms with Gasteiger partial charge in [0.15, 0.2) is 0 Å². The molecule has 1 aromatic carbocycles. The number of benzene rings is 1. The standard InChI is InChI=1S/C14H22F2N2/c1-4-11(2)18(3)8-7-17-10-12-9-13(15)5-6-14(12)16/h5-6,9,11,17H,4,7-8,10H2,1-3H3. The van der Waals surface area contributed by atoms with Crippen LogP contribution in [-0.2, 0) is 6.54 Å². The Morgan fingerprint density at radius 3 is 2.72 bits per heavy atom. The Morgan fingerprint density at radius 2 is 2.06 bits per heavy atom. The Kier molecular flexibility index (Phi) is 6.22. The summed E-state index contributed by atoms with van der Waals surface area (Å²) in [5.41, 5.74) is 0.376. The summed E-state index contributed by atoms with van der Waals surface area (Å²) in [7, 11) is 2.07. The molecule has 18 heavy (non-hydrogen) atoms. The molecule has 1 unspecified atom stereocenters. The minimum absolute atomic E-state index is 0.359. The fourth-order valence-corrected chi connectivity index (χ4v) is 1.69. The summed E-state index contributed by atoms with van der Waals surface area (Å²) in [6, 6.07) is 4.08. The van der Waals surface area contributed by atoms with E-state index in [0.29, 0.717) is 18.2 Å². The maximum absolute atomic E-state index is 13.3. The molecule has 102 valence electrons. The molecule has 0 amide bonds. The van der Waals surface area contributed by atoms with Crippen LogP contribution in [0, 0.1) is 11.6 Å². The first kappa shape index (κ1) is 15.1. The van der Waals surface area contributed by atoms with E-state index in [1.807, 2.05) is 0 Å². The van der Waals surface area contributed by atoms with Crippen molar-refractivity contribution in [3.05, 3.63) is 35.4 Å². The molecule has 0 heterocycles. The first-order chi connectivity index (χ1) is 8.54. The Hall–Kier alpha value is -1.00. The Bertz CT molecular complexity index is 369. The zero-order chi connectivity index (χ0) is 13.5. The number of hydrogen-bond donors (Lipinski definition) is 1. The minimum atomic E-state index is -0.398. The summed E-state index contributed by atoms with van der Waals surface area (Å²) in [4.78, 5) is 2.24. The van der Waals surface area contributed by atoms with Gasteiger partial charge in [-0.3, -0.25) is 0 Å². The van der Waals surface area contributed by atoms with Crippen LogP contribution < -0.4 is 5.32 Å². The SMILES string of the molecule is CCC(C)N(C)CCNCc1cc(F)ccc1F. The van der Waals surface area contributed by atoms with Crippen molar-refractivity contribution in [1.29, 1.82) is 0 Å². The smallest absolute Gasteiger partial charge is 0.127 e. The van der Waals surface area contributed by atoms with Crippen molar-refractivity contribution >= 4 is 0 Å². The molecule has 1 aromatic rings. The Balaban J connectivity index is 2.31. The minimum Gasteiger partial charge on any atom is -0.311 e. The van der Waals surface area contributed by atoms with Gasteiger partial charge in [-0.1, -0.05) is 6.92 Å². The van der Waals surface area contributed by atoms with Crippen LogP contribution >= 0.6 is 0 Å². The Labute approximate surface area is 108 Å². The normalized spacial score (nSPS) is 13.0. The van der Waals surface area contributed by atoms with Gasteiger partial charge in [0.05, 0.1) is 0 Å². The van der Waals surface area contributed by atoms with Gasteiger partial charge in [0.2, 0.25) is 0 Å². The highest BCUT2D eigenvalue weighted by Crippen LogP contribution is 2.09. The second kappa shape index (κ2) is 7.44. The van der Waals surface area contributed by atoms with Crippen LogP contribution in [0.2, 0.25) is 0 Å².